The minimum atomic E-state index is -3.78. The molecule has 0 aliphatic carbocycles. The van der Waals surface area contributed by atoms with Crippen molar-refractivity contribution in [2.24, 2.45) is 10.1 Å². The third-order valence-corrected chi connectivity index (χ3v) is 4.87. The molecule has 1 aromatic carbocycles. The van der Waals surface area contributed by atoms with Gasteiger partial charge in [-0.3, -0.25) is 4.79 Å². The summed E-state index contributed by atoms with van der Waals surface area (Å²) in [6.45, 7) is 2.14. The highest BCUT2D eigenvalue weighted by Gasteiger charge is 2.12. The van der Waals surface area contributed by atoms with E-state index in [1.807, 2.05) is 6.92 Å². The van der Waals surface area contributed by atoms with Crippen LogP contribution < -0.4 is 9.94 Å². The Morgan fingerprint density at radius 2 is 2.23 bits per heavy atom. The summed E-state index contributed by atoms with van der Waals surface area (Å²) in [5.41, 5.74) is 0.721. The molecule has 1 heterocycles. The maximum absolute atomic E-state index is 11.7. The molecule has 2 N–H and O–H groups in total. The third kappa shape index (κ3) is 3.44. The zero-order valence-corrected chi connectivity index (χ0v) is 13.6. The van der Waals surface area contributed by atoms with Crippen molar-refractivity contribution >= 4 is 37.5 Å². The molecular weight excluding hydrogens is 322 g/mol. The first-order chi connectivity index (χ1) is 10.4. The van der Waals surface area contributed by atoms with Crippen LogP contribution in [-0.2, 0) is 21.4 Å². The number of primary sulfonamides is 1. The number of hydrogen-bond acceptors (Lipinski definition) is 4. The summed E-state index contributed by atoms with van der Waals surface area (Å²) in [4.78, 5) is 16.3. The average molecular weight is 337 g/mol. The predicted octanol–water partition coefficient (Wildman–Crippen LogP) is 1.21. The zero-order valence-electron chi connectivity index (χ0n) is 11.9. The van der Waals surface area contributed by atoms with Gasteiger partial charge < -0.3 is 4.57 Å². The molecule has 0 saturated carbocycles. The summed E-state index contributed by atoms with van der Waals surface area (Å²) >= 11 is 1.21. The van der Waals surface area contributed by atoms with Crippen LogP contribution in [0.4, 0.5) is 0 Å². The van der Waals surface area contributed by atoms with Crippen molar-refractivity contribution < 1.29 is 13.2 Å². The van der Waals surface area contributed by atoms with Crippen molar-refractivity contribution in [2.45, 2.75) is 31.2 Å². The van der Waals surface area contributed by atoms with E-state index in [1.165, 1.54) is 23.5 Å². The normalized spacial score (nSPS) is 12.5. The lowest BCUT2D eigenvalue weighted by atomic mass is 10.3. The van der Waals surface area contributed by atoms with Gasteiger partial charge in [0, 0.05) is 6.42 Å². The Bertz CT molecular complexity index is 930. The number of aromatic nitrogens is 1. The first-order valence-electron chi connectivity index (χ1n) is 6.54. The van der Waals surface area contributed by atoms with Crippen LogP contribution in [0, 0.1) is 12.3 Å². The highest BCUT2D eigenvalue weighted by atomic mass is 32.2. The highest BCUT2D eigenvalue weighted by Crippen LogP contribution is 2.21. The Balaban J connectivity index is 2.69. The van der Waals surface area contributed by atoms with Gasteiger partial charge >= 0.3 is 0 Å². The molecule has 1 amide bonds. The van der Waals surface area contributed by atoms with Crippen LogP contribution in [0.2, 0.25) is 0 Å². The van der Waals surface area contributed by atoms with Gasteiger partial charge in [0.15, 0.2) is 4.80 Å². The standard InChI is InChI=1S/C14H15N3O3S2/c1-3-5-13(18)16-14-17(8-4-2)11-7-6-10(22(15,19)20)9-12(11)21-14/h2,6-7,9H,3,5,8H2,1H3,(H2,15,19,20). The molecule has 6 nitrogen and oxygen atoms in total. The number of carbonyl (C=O) groups is 1. The third-order valence-electron chi connectivity index (χ3n) is 2.92. The van der Waals surface area contributed by atoms with Crippen molar-refractivity contribution in [1.29, 1.82) is 0 Å². The molecule has 1 aromatic heterocycles. The molecule has 2 rings (SSSR count). The topological polar surface area (TPSA) is 94.5 Å². The molecule has 8 heteroatoms. The molecular formula is C14H15N3O3S2. The van der Waals surface area contributed by atoms with E-state index in [4.69, 9.17) is 11.6 Å². The molecule has 116 valence electrons. The predicted molar refractivity (Wildman–Crippen MR) is 85.5 cm³/mol. The number of thiazole rings is 1. The molecule has 0 unspecified atom stereocenters. The van der Waals surface area contributed by atoms with Crippen LogP contribution in [-0.4, -0.2) is 18.9 Å². The maximum Gasteiger partial charge on any atom is 0.248 e. The summed E-state index contributed by atoms with van der Waals surface area (Å²) in [5, 5.41) is 5.13. The Hall–Kier alpha value is -1.95. The van der Waals surface area contributed by atoms with Crippen LogP contribution in [0.25, 0.3) is 10.2 Å². The smallest absolute Gasteiger partial charge is 0.248 e. The van der Waals surface area contributed by atoms with Crippen LogP contribution >= 0.6 is 11.3 Å². The van der Waals surface area contributed by atoms with Gasteiger partial charge in [0.1, 0.15) is 0 Å². The first kappa shape index (κ1) is 16.4. The van der Waals surface area contributed by atoms with Crippen molar-refractivity contribution in [3.63, 3.8) is 0 Å². The molecule has 0 fully saturated rings. The number of hydrogen-bond donors (Lipinski definition) is 1. The molecule has 0 saturated heterocycles. The van der Waals surface area contributed by atoms with Gasteiger partial charge in [0.25, 0.3) is 0 Å². The maximum atomic E-state index is 11.7. The quantitative estimate of drug-likeness (QED) is 0.850. The van der Waals surface area contributed by atoms with Gasteiger partial charge in [-0.25, -0.2) is 13.6 Å². The molecule has 22 heavy (non-hydrogen) atoms. The van der Waals surface area contributed by atoms with E-state index in [2.05, 4.69) is 10.9 Å². The van der Waals surface area contributed by atoms with Crippen molar-refractivity contribution in [2.75, 3.05) is 0 Å². The second-order valence-electron chi connectivity index (χ2n) is 4.60. The second-order valence-corrected chi connectivity index (χ2v) is 7.18. The van der Waals surface area contributed by atoms with Crippen molar-refractivity contribution in [1.82, 2.24) is 4.57 Å². The van der Waals surface area contributed by atoms with E-state index in [0.717, 1.165) is 5.52 Å². The average Bonchev–Trinajstić information content (AvgIpc) is 2.75. The number of terminal acetylenes is 1. The van der Waals surface area contributed by atoms with E-state index in [-0.39, 0.29) is 17.3 Å². The van der Waals surface area contributed by atoms with Crippen LogP contribution in [0.1, 0.15) is 19.8 Å². The number of nitrogens with zero attached hydrogens (tertiary/aromatic N) is 2. The number of nitrogens with two attached hydrogens (primary N) is 1. The minimum Gasteiger partial charge on any atom is -0.305 e. The number of carbonyl (C=O) groups excluding carboxylic acids is 1. The number of benzene rings is 1. The van der Waals surface area contributed by atoms with Crippen LogP contribution in [0.5, 0.6) is 0 Å². The van der Waals surface area contributed by atoms with Gasteiger partial charge in [-0.2, -0.15) is 4.99 Å². The largest absolute Gasteiger partial charge is 0.305 e. The molecule has 0 bridgehead atoms. The van der Waals surface area contributed by atoms with E-state index in [1.54, 1.807) is 10.6 Å². The minimum absolute atomic E-state index is 0.0144. The van der Waals surface area contributed by atoms with Gasteiger partial charge in [-0.15, -0.1) is 6.42 Å². The molecule has 2 aromatic rings. The summed E-state index contributed by atoms with van der Waals surface area (Å²) in [6.07, 6.45) is 6.42. The SMILES string of the molecule is C#CCn1c(=NC(=O)CCC)sc2cc(S(N)(=O)=O)ccc21. The lowest BCUT2D eigenvalue weighted by molar-refractivity contribution is -0.118. The van der Waals surface area contributed by atoms with Gasteiger partial charge in [0.05, 0.1) is 21.7 Å². The molecule has 0 aliphatic rings. The molecule has 0 atom stereocenters. The Morgan fingerprint density at radius 3 is 2.82 bits per heavy atom. The second kappa shape index (κ2) is 6.44. The van der Waals surface area contributed by atoms with E-state index >= 15 is 0 Å². The fourth-order valence-corrected chi connectivity index (χ4v) is 3.64. The van der Waals surface area contributed by atoms with Crippen LogP contribution in [0.15, 0.2) is 28.1 Å². The Labute approximate surface area is 132 Å². The Morgan fingerprint density at radius 1 is 1.50 bits per heavy atom. The lowest BCUT2D eigenvalue weighted by Gasteiger charge is -2.01. The summed E-state index contributed by atoms with van der Waals surface area (Å²) < 4.78 is 25.2. The fourth-order valence-electron chi connectivity index (χ4n) is 1.94. The van der Waals surface area contributed by atoms with Gasteiger partial charge in [0.2, 0.25) is 15.9 Å². The number of fused-ring (bicyclic) bond motifs is 1. The molecule has 0 radical (unpaired) electrons. The van der Waals surface area contributed by atoms with Crippen molar-refractivity contribution in [3.05, 3.63) is 23.0 Å². The zero-order chi connectivity index (χ0) is 16.3. The highest BCUT2D eigenvalue weighted by molar-refractivity contribution is 7.89. The summed E-state index contributed by atoms with van der Waals surface area (Å²) in [7, 11) is -3.78. The number of rotatable bonds is 4. The van der Waals surface area contributed by atoms with E-state index < -0.39 is 10.0 Å². The number of amides is 1. The molecule has 0 spiro atoms. The monoisotopic (exact) mass is 337 g/mol. The lowest BCUT2D eigenvalue weighted by Crippen LogP contribution is -2.16. The van der Waals surface area contributed by atoms with E-state index in [9.17, 15) is 13.2 Å². The number of sulfonamides is 1. The summed E-state index contributed by atoms with van der Waals surface area (Å²) in [6, 6.07) is 4.49. The Kier molecular flexibility index (Phi) is 4.81. The van der Waals surface area contributed by atoms with Gasteiger partial charge in [-0.05, 0) is 24.6 Å². The summed E-state index contributed by atoms with van der Waals surface area (Å²) in [5.74, 6) is 2.28. The van der Waals surface area contributed by atoms with Crippen molar-refractivity contribution in [3.8, 4) is 12.3 Å². The first-order valence-corrected chi connectivity index (χ1v) is 8.90. The van der Waals surface area contributed by atoms with Gasteiger partial charge in [-0.1, -0.05) is 24.2 Å². The molecule has 0 aliphatic heterocycles. The van der Waals surface area contributed by atoms with Crippen LogP contribution in [0.3, 0.4) is 0 Å². The van der Waals surface area contributed by atoms with E-state index in [0.29, 0.717) is 22.3 Å². The fraction of sp³-hybridized carbons (Fsp3) is 0.286.